The molecule has 1 aromatic carbocycles. The normalized spacial score (nSPS) is 10.4. The number of carbonyl (C=O) groups is 2. The van der Waals surface area contributed by atoms with Crippen LogP contribution in [0.1, 0.15) is 47.3 Å². The Labute approximate surface area is 146 Å². The van der Waals surface area contributed by atoms with Gasteiger partial charge in [0.1, 0.15) is 11.4 Å². The van der Waals surface area contributed by atoms with Crippen molar-refractivity contribution in [2.24, 2.45) is 0 Å². The van der Waals surface area contributed by atoms with Gasteiger partial charge in [-0.1, -0.05) is 0 Å². The fourth-order valence-corrected chi connectivity index (χ4v) is 2.55. The van der Waals surface area contributed by atoms with Crippen LogP contribution in [0.3, 0.4) is 0 Å². The monoisotopic (exact) mass is 343 g/mol. The van der Waals surface area contributed by atoms with E-state index in [1.165, 1.54) is 12.4 Å². The van der Waals surface area contributed by atoms with Gasteiger partial charge in [0, 0.05) is 37.2 Å². The van der Waals surface area contributed by atoms with E-state index in [0.717, 1.165) is 18.8 Å². The van der Waals surface area contributed by atoms with Crippen molar-refractivity contribution in [2.75, 3.05) is 24.6 Å². The predicted octanol–water partition coefficient (Wildman–Crippen LogP) is 2.65. The largest absolute Gasteiger partial charge is 0.493 e. The summed E-state index contributed by atoms with van der Waals surface area (Å²) in [6, 6.07) is 5.25. The number of hydrogen-bond donors (Lipinski definition) is 1. The molecule has 0 fully saturated rings. The topological polar surface area (TPSA) is 92.6 Å². The number of ketones is 1. The van der Waals surface area contributed by atoms with Crippen LogP contribution in [0, 0.1) is 0 Å². The van der Waals surface area contributed by atoms with Crippen LogP contribution in [0.4, 0.5) is 5.69 Å². The zero-order valence-corrected chi connectivity index (χ0v) is 14.5. The Morgan fingerprint density at radius 1 is 1.08 bits per heavy atom. The maximum absolute atomic E-state index is 12.8. The molecule has 0 aliphatic carbocycles. The number of carboxylic acid groups (broad SMARTS) is 1. The van der Waals surface area contributed by atoms with Gasteiger partial charge in [0.2, 0.25) is 5.78 Å². The van der Waals surface area contributed by atoms with E-state index >= 15 is 0 Å². The molecular formula is C18H21N3O4. The van der Waals surface area contributed by atoms with Gasteiger partial charge >= 0.3 is 5.97 Å². The number of anilines is 1. The van der Waals surface area contributed by atoms with E-state index < -0.39 is 11.8 Å². The number of benzene rings is 1. The standard InChI is InChI=1S/C18H21N3O4/c1-4-21(5-2)12-7-8-13(14(11-12)25-6-3)17(22)15-16(18(23)24)20-10-9-19-15/h7-11H,4-6H2,1-3H3,(H,23,24). The van der Waals surface area contributed by atoms with Crippen LogP contribution in [0.15, 0.2) is 30.6 Å². The Kier molecular flexibility index (Phi) is 6.05. The summed E-state index contributed by atoms with van der Waals surface area (Å²) in [5, 5.41) is 9.22. The number of aromatic carboxylic acids is 1. The maximum atomic E-state index is 12.8. The van der Waals surface area contributed by atoms with Crippen LogP contribution >= 0.6 is 0 Å². The first-order chi connectivity index (χ1) is 12.0. The lowest BCUT2D eigenvalue weighted by Gasteiger charge is -2.22. The first kappa shape index (κ1) is 18.4. The van der Waals surface area contributed by atoms with Crippen molar-refractivity contribution in [3.05, 3.63) is 47.5 Å². The lowest BCUT2D eigenvalue weighted by Crippen LogP contribution is -2.22. The zero-order valence-electron chi connectivity index (χ0n) is 14.5. The molecule has 0 aliphatic heterocycles. The van der Waals surface area contributed by atoms with Gasteiger partial charge in [-0.05, 0) is 32.9 Å². The van der Waals surface area contributed by atoms with Crippen molar-refractivity contribution in [1.82, 2.24) is 9.97 Å². The van der Waals surface area contributed by atoms with E-state index in [1.807, 2.05) is 26.8 Å². The number of carbonyl (C=O) groups excluding carboxylic acids is 1. The third-order valence-corrected chi connectivity index (χ3v) is 3.75. The van der Waals surface area contributed by atoms with Gasteiger partial charge in [-0.2, -0.15) is 0 Å². The summed E-state index contributed by atoms with van der Waals surface area (Å²) in [5.41, 5.74) is 0.623. The third-order valence-electron chi connectivity index (χ3n) is 3.75. The van der Waals surface area contributed by atoms with E-state index in [9.17, 15) is 14.7 Å². The van der Waals surface area contributed by atoms with E-state index in [1.54, 1.807) is 12.1 Å². The first-order valence-electron chi connectivity index (χ1n) is 8.14. The maximum Gasteiger partial charge on any atom is 0.356 e. The molecule has 1 heterocycles. The van der Waals surface area contributed by atoms with Gasteiger partial charge in [-0.25, -0.2) is 14.8 Å². The minimum Gasteiger partial charge on any atom is -0.493 e. The lowest BCUT2D eigenvalue weighted by molar-refractivity contribution is 0.0685. The molecule has 2 aromatic rings. The molecule has 1 aromatic heterocycles. The Balaban J connectivity index is 2.51. The van der Waals surface area contributed by atoms with Crippen LogP contribution in [-0.2, 0) is 0 Å². The van der Waals surface area contributed by atoms with Crippen molar-refractivity contribution in [3.8, 4) is 5.75 Å². The van der Waals surface area contributed by atoms with Crippen LogP contribution in [0.2, 0.25) is 0 Å². The molecule has 0 aliphatic rings. The number of rotatable bonds is 8. The minimum atomic E-state index is -1.30. The van der Waals surface area contributed by atoms with Gasteiger partial charge in [-0.15, -0.1) is 0 Å². The van der Waals surface area contributed by atoms with Crippen LogP contribution in [0.5, 0.6) is 5.75 Å². The minimum absolute atomic E-state index is 0.202. The fourth-order valence-electron chi connectivity index (χ4n) is 2.55. The number of carboxylic acids is 1. The molecule has 7 nitrogen and oxygen atoms in total. The Morgan fingerprint density at radius 3 is 2.28 bits per heavy atom. The highest BCUT2D eigenvalue weighted by molar-refractivity contribution is 6.13. The molecular weight excluding hydrogens is 322 g/mol. The molecule has 2 rings (SSSR count). The van der Waals surface area contributed by atoms with E-state index in [-0.39, 0.29) is 17.0 Å². The SMILES string of the molecule is CCOc1cc(N(CC)CC)ccc1C(=O)c1nccnc1C(=O)O. The van der Waals surface area contributed by atoms with E-state index in [4.69, 9.17) is 4.74 Å². The van der Waals surface area contributed by atoms with Crippen molar-refractivity contribution in [3.63, 3.8) is 0 Å². The molecule has 0 radical (unpaired) electrons. The second-order valence-corrected chi connectivity index (χ2v) is 5.17. The van der Waals surface area contributed by atoms with Gasteiger partial charge in [-0.3, -0.25) is 4.79 Å². The number of nitrogens with zero attached hydrogens (tertiary/aromatic N) is 3. The van der Waals surface area contributed by atoms with Gasteiger partial charge in [0.15, 0.2) is 5.69 Å². The summed E-state index contributed by atoms with van der Waals surface area (Å²) < 4.78 is 5.62. The van der Waals surface area contributed by atoms with E-state index in [0.29, 0.717) is 12.4 Å². The summed E-state index contributed by atoms with van der Waals surface area (Å²) in [5.74, 6) is -1.42. The Hall–Kier alpha value is -2.96. The quantitative estimate of drug-likeness (QED) is 0.737. The highest BCUT2D eigenvalue weighted by Gasteiger charge is 2.24. The number of hydrogen-bond acceptors (Lipinski definition) is 6. The second kappa shape index (κ2) is 8.23. The average Bonchev–Trinajstić information content (AvgIpc) is 2.62. The molecule has 0 spiro atoms. The third kappa shape index (κ3) is 3.93. The molecule has 132 valence electrons. The molecule has 0 saturated carbocycles. The Bertz CT molecular complexity index is 773. The molecule has 0 bridgehead atoms. The van der Waals surface area contributed by atoms with Crippen LogP contribution in [0.25, 0.3) is 0 Å². The summed E-state index contributed by atoms with van der Waals surface area (Å²) in [4.78, 5) is 33.9. The molecule has 1 N–H and O–H groups in total. The molecule has 25 heavy (non-hydrogen) atoms. The fraction of sp³-hybridized carbons (Fsp3) is 0.333. The molecule has 0 unspecified atom stereocenters. The second-order valence-electron chi connectivity index (χ2n) is 5.17. The molecule has 0 amide bonds. The van der Waals surface area contributed by atoms with Crippen LogP contribution in [-0.4, -0.2) is 46.5 Å². The summed E-state index contributed by atoms with van der Waals surface area (Å²) >= 11 is 0. The molecule has 0 atom stereocenters. The van der Waals surface area contributed by atoms with Gasteiger partial charge in [0.25, 0.3) is 0 Å². The molecule has 7 heteroatoms. The van der Waals surface area contributed by atoms with Gasteiger partial charge < -0.3 is 14.7 Å². The van der Waals surface area contributed by atoms with Crippen molar-refractivity contribution < 1.29 is 19.4 Å². The highest BCUT2D eigenvalue weighted by Crippen LogP contribution is 2.28. The van der Waals surface area contributed by atoms with Crippen LogP contribution < -0.4 is 9.64 Å². The highest BCUT2D eigenvalue weighted by atomic mass is 16.5. The first-order valence-corrected chi connectivity index (χ1v) is 8.14. The number of ether oxygens (including phenoxy) is 1. The summed E-state index contributed by atoms with van der Waals surface area (Å²) in [7, 11) is 0. The summed E-state index contributed by atoms with van der Waals surface area (Å²) in [6.45, 7) is 7.94. The van der Waals surface area contributed by atoms with Gasteiger partial charge in [0.05, 0.1) is 12.2 Å². The van der Waals surface area contributed by atoms with Crippen molar-refractivity contribution in [1.29, 1.82) is 0 Å². The molecule has 0 saturated heterocycles. The lowest BCUT2D eigenvalue weighted by atomic mass is 10.0. The zero-order chi connectivity index (χ0) is 18.4. The predicted molar refractivity (Wildman–Crippen MR) is 93.6 cm³/mol. The van der Waals surface area contributed by atoms with E-state index in [2.05, 4.69) is 14.9 Å². The Morgan fingerprint density at radius 2 is 1.72 bits per heavy atom. The van der Waals surface area contributed by atoms with Crippen molar-refractivity contribution in [2.45, 2.75) is 20.8 Å². The van der Waals surface area contributed by atoms with Crippen molar-refractivity contribution >= 4 is 17.4 Å². The average molecular weight is 343 g/mol. The number of aromatic nitrogens is 2. The smallest absolute Gasteiger partial charge is 0.356 e. The summed E-state index contributed by atoms with van der Waals surface area (Å²) in [6.07, 6.45) is 2.54.